The number of carbonyl (C=O) groups is 1. The third kappa shape index (κ3) is 3.92. The summed E-state index contributed by atoms with van der Waals surface area (Å²) < 4.78 is 25.2. The molecule has 3 heterocycles. The molecule has 1 aliphatic heterocycles. The molecule has 1 amide bonds. The van der Waals surface area contributed by atoms with Crippen LogP contribution in [-0.4, -0.2) is 27.6 Å². The van der Waals surface area contributed by atoms with Gasteiger partial charge in [-0.05, 0) is 37.8 Å². The molecule has 1 saturated heterocycles. The molecular formula is C23H25FN4O3. The summed E-state index contributed by atoms with van der Waals surface area (Å²) in [6.45, 7) is 0.694. The number of ether oxygens (including phenoxy) is 1. The lowest BCUT2D eigenvalue weighted by Gasteiger charge is -2.30. The van der Waals surface area contributed by atoms with Crippen molar-refractivity contribution in [1.82, 2.24) is 20.4 Å². The Morgan fingerprint density at radius 2 is 2.00 bits per heavy atom. The second kappa shape index (κ2) is 8.34. The van der Waals surface area contributed by atoms with E-state index in [1.54, 1.807) is 18.2 Å². The first kappa shape index (κ1) is 20.1. The Kier molecular flexibility index (Phi) is 5.40. The summed E-state index contributed by atoms with van der Waals surface area (Å²) in [7, 11) is 0. The quantitative estimate of drug-likeness (QED) is 0.616. The molecular weight excluding hydrogens is 399 g/mol. The lowest BCUT2D eigenvalue weighted by molar-refractivity contribution is 0.0833. The monoisotopic (exact) mass is 424 g/mol. The minimum absolute atomic E-state index is 0.167. The molecule has 5 rings (SSSR count). The first-order chi connectivity index (χ1) is 15.1. The second-order valence-corrected chi connectivity index (χ2v) is 8.44. The van der Waals surface area contributed by atoms with Crippen molar-refractivity contribution in [2.45, 2.75) is 63.0 Å². The lowest BCUT2D eigenvalue weighted by atomic mass is 9.88. The van der Waals surface area contributed by atoms with Gasteiger partial charge in [-0.3, -0.25) is 9.78 Å². The number of nitrogens with zero attached hydrogens (tertiary/aromatic N) is 3. The fourth-order valence-corrected chi connectivity index (χ4v) is 4.61. The molecule has 162 valence electrons. The SMILES string of the molecule is O=C(NC1(c2noc(C3CCCO3)n2)CCCCCC1)c1cnc2c(F)cccc2c1. The summed E-state index contributed by atoms with van der Waals surface area (Å²) in [5.41, 5.74) is -0.0719. The molecule has 8 heteroatoms. The topological polar surface area (TPSA) is 90.1 Å². The number of pyridine rings is 1. The maximum Gasteiger partial charge on any atom is 0.255 e. The number of hydrogen-bond donors (Lipinski definition) is 1. The van der Waals surface area contributed by atoms with Crippen LogP contribution in [0.5, 0.6) is 0 Å². The highest BCUT2D eigenvalue weighted by Gasteiger charge is 2.40. The lowest BCUT2D eigenvalue weighted by Crippen LogP contribution is -2.46. The van der Waals surface area contributed by atoms with Gasteiger partial charge in [-0.15, -0.1) is 0 Å². The van der Waals surface area contributed by atoms with Gasteiger partial charge >= 0.3 is 0 Å². The van der Waals surface area contributed by atoms with Gasteiger partial charge in [-0.2, -0.15) is 4.98 Å². The Bertz CT molecular complexity index is 1090. The Morgan fingerprint density at radius 3 is 2.77 bits per heavy atom. The van der Waals surface area contributed by atoms with Crippen LogP contribution >= 0.6 is 0 Å². The largest absolute Gasteiger partial charge is 0.368 e. The van der Waals surface area contributed by atoms with Gasteiger partial charge in [0.2, 0.25) is 0 Å². The van der Waals surface area contributed by atoms with Crippen molar-refractivity contribution in [3.8, 4) is 0 Å². The molecule has 1 saturated carbocycles. The molecule has 3 aromatic rings. The number of halogens is 1. The van der Waals surface area contributed by atoms with Crippen LogP contribution in [-0.2, 0) is 10.3 Å². The van der Waals surface area contributed by atoms with Crippen LogP contribution in [0.2, 0.25) is 0 Å². The van der Waals surface area contributed by atoms with Crippen LogP contribution in [0.15, 0.2) is 35.0 Å². The Hall–Kier alpha value is -2.87. The minimum Gasteiger partial charge on any atom is -0.368 e. The molecule has 0 radical (unpaired) electrons. The van der Waals surface area contributed by atoms with Gasteiger partial charge in [0.05, 0.1) is 5.56 Å². The Balaban J connectivity index is 1.45. The van der Waals surface area contributed by atoms with Crippen molar-refractivity contribution < 1.29 is 18.4 Å². The van der Waals surface area contributed by atoms with Crippen LogP contribution in [0.25, 0.3) is 10.9 Å². The van der Waals surface area contributed by atoms with Crippen LogP contribution in [0.3, 0.4) is 0 Å². The number of fused-ring (bicyclic) bond motifs is 1. The molecule has 2 fully saturated rings. The zero-order valence-electron chi connectivity index (χ0n) is 17.3. The summed E-state index contributed by atoms with van der Waals surface area (Å²) in [6.07, 6.45) is 8.68. The molecule has 0 spiro atoms. The summed E-state index contributed by atoms with van der Waals surface area (Å²) in [6, 6.07) is 6.38. The third-order valence-corrected chi connectivity index (χ3v) is 6.31. The first-order valence-electron chi connectivity index (χ1n) is 11.0. The highest BCUT2D eigenvalue weighted by molar-refractivity contribution is 5.97. The van der Waals surface area contributed by atoms with E-state index >= 15 is 0 Å². The number of para-hydroxylation sites is 1. The third-order valence-electron chi connectivity index (χ3n) is 6.31. The molecule has 1 unspecified atom stereocenters. The van der Waals surface area contributed by atoms with Crippen LogP contribution < -0.4 is 5.32 Å². The minimum atomic E-state index is -0.704. The Morgan fingerprint density at radius 1 is 1.16 bits per heavy atom. The number of hydrogen-bond acceptors (Lipinski definition) is 6. The standard InChI is InChI=1S/C23H25FN4O3/c24-17-8-5-7-15-13-16(14-25-19(15)17)20(29)27-23(10-3-1-2-4-11-23)22-26-21(31-28-22)18-9-6-12-30-18/h5,7-8,13-14,18H,1-4,6,9-12H2,(H,27,29). The van der Waals surface area contributed by atoms with E-state index in [0.29, 0.717) is 29.3 Å². The number of nitrogens with one attached hydrogen (secondary N) is 1. The van der Waals surface area contributed by atoms with E-state index in [9.17, 15) is 9.18 Å². The molecule has 7 nitrogen and oxygen atoms in total. The van der Waals surface area contributed by atoms with Gasteiger partial charge in [-0.25, -0.2) is 4.39 Å². The van der Waals surface area contributed by atoms with Gasteiger partial charge in [0.15, 0.2) is 5.82 Å². The van der Waals surface area contributed by atoms with E-state index in [1.165, 1.54) is 12.3 Å². The van der Waals surface area contributed by atoms with Gasteiger partial charge in [0.1, 0.15) is 23.0 Å². The fourth-order valence-electron chi connectivity index (χ4n) is 4.61. The molecule has 2 aliphatic rings. The molecule has 2 aromatic heterocycles. The number of rotatable bonds is 4. The molecule has 1 aromatic carbocycles. The van der Waals surface area contributed by atoms with E-state index in [-0.39, 0.29) is 17.5 Å². The Labute approximate surface area is 179 Å². The van der Waals surface area contributed by atoms with Crippen LogP contribution in [0, 0.1) is 5.82 Å². The highest BCUT2D eigenvalue weighted by atomic mass is 19.1. The predicted molar refractivity (Wildman–Crippen MR) is 111 cm³/mol. The average molecular weight is 424 g/mol. The van der Waals surface area contributed by atoms with Crippen molar-refractivity contribution in [2.75, 3.05) is 6.61 Å². The van der Waals surface area contributed by atoms with Crippen molar-refractivity contribution in [3.63, 3.8) is 0 Å². The summed E-state index contributed by atoms with van der Waals surface area (Å²) >= 11 is 0. The predicted octanol–water partition coefficient (Wildman–Crippen LogP) is 4.59. The van der Waals surface area contributed by atoms with Gasteiger partial charge in [0.25, 0.3) is 11.8 Å². The molecule has 1 atom stereocenters. The van der Waals surface area contributed by atoms with E-state index in [4.69, 9.17) is 9.26 Å². The first-order valence-corrected chi connectivity index (χ1v) is 11.0. The number of amides is 1. The maximum absolute atomic E-state index is 13.9. The van der Waals surface area contributed by atoms with Crippen LogP contribution in [0.1, 0.15) is 79.5 Å². The van der Waals surface area contributed by atoms with Gasteiger partial charge in [0, 0.05) is 18.2 Å². The summed E-state index contributed by atoms with van der Waals surface area (Å²) in [5, 5.41) is 8.04. The van der Waals surface area contributed by atoms with Crippen molar-refractivity contribution >= 4 is 16.8 Å². The van der Waals surface area contributed by atoms with Crippen molar-refractivity contribution in [2.24, 2.45) is 0 Å². The molecule has 31 heavy (non-hydrogen) atoms. The second-order valence-electron chi connectivity index (χ2n) is 8.44. The summed E-state index contributed by atoms with van der Waals surface area (Å²) in [5.74, 6) is 0.309. The van der Waals surface area contributed by atoms with Crippen LogP contribution in [0.4, 0.5) is 4.39 Å². The zero-order chi connectivity index (χ0) is 21.3. The molecule has 1 aliphatic carbocycles. The van der Waals surface area contributed by atoms with E-state index < -0.39 is 11.4 Å². The highest BCUT2D eigenvalue weighted by Crippen LogP contribution is 2.36. The summed E-state index contributed by atoms with van der Waals surface area (Å²) in [4.78, 5) is 22.1. The maximum atomic E-state index is 13.9. The van der Waals surface area contributed by atoms with Gasteiger partial charge < -0.3 is 14.6 Å². The average Bonchev–Trinajstić information content (AvgIpc) is 3.43. The number of carbonyl (C=O) groups excluding carboxylic acids is 1. The smallest absolute Gasteiger partial charge is 0.255 e. The molecule has 0 bridgehead atoms. The van der Waals surface area contributed by atoms with E-state index in [0.717, 1.165) is 51.4 Å². The normalized spacial score (nSPS) is 21.1. The van der Waals surface area contributed by atoms with Crippen molar-refractivity contribution in [1.29, 1.82) is 0 Å². The van der Waals surface area contributed by atoms with Gasteiger partial charge in [-0.1, -0.05) is 43.0 Å². The number of benzene rings is 1. The fraction of sp³-hybridized carbons (Fsp3) is 0.478. The number of aromatic nitrogens is 3. The molecule has 1 N–H and O–H groups in total. The van der Waals surface area contributed by atoms with E-state index in [2.05, 4.69) is 20.4 Å². The van der Waals surface area contributed by atoms with E-state index in [1.807, 2.05) is 0 Å². The van der Waals surface area contributed by atoms with Crippen molar-refractivity contribution in [3.05, 3.63) is 53.6 Å². The zero-order valence-corrected chi connectivity index (χ0v) is 17.3.